The number of benzene rings is 2. The van der Waals surface area contributed by atoms with Gasteiger partial charge in [-0.1, -0.05) is 24.3 Å². The molecule has 0 unspecified atom stereocenters. The van der Waals surface area contributed by atoms with Gasteiger partial charge in [-0.15, -0.1) is 11.3 Å². The Labute approximate surface area is 156 Å². The third-order valence-corrected chi connectivity index (χ3v) is 6.16. The Bertz CT molecular complexity index is 1030. The second-order valence-corrected chi connectivity index (χ2v) is 8.85. The lowest BCUT2D eigenvalue weighted by atomic mass is 10.1. The molecule has 0 saturated carbocycles. The van der Waals surface area contributed by atoms with Crippen LogP contribution in [0.3, 0.4) is 0 Å². The third kappa shape index (κ3) is 3.38. The molecule has 0 bridgehead atoms. The second kappa shape index (κ2) is 6.62. The summed E-state index contributed by atoms with van der Waals surface area (Å²) in [4.78, 5) is 4.60. The van der Waals surface area contributed by atoms with Crippen molar-refractivity contribution in [3.63, 3.8) is 0 Å². The summed E-state index contributed by atoms with van der Waals surface area (Å²) in [6.45, 7) is 0.502. The van der Waals surface area contributed by atoms with Gasteiger partial charge in [-0.05, 0) is 36.2 Å². The van der Waals surface area contributed by atoms with Crippen molar-refractivity contribution in [1.82, 2.24) is 4.98 Å². The van der Waals surface area contributed by atoms with Crippen LogP contribution in [0.25, 0.3) is 11.3 Å². The summed E-state index contributed by atoms with van der Waals surface area (Å²) in [6, 6.07) is 15.6. The minimum Gasteiger partial charge on any atom is -0.299 e. The number of fused-ring (bicyclic) bond motifs is 1. The van der Waals surface area contributed by atoms with E-state index in [2.05, 4.69) is 15.8 Å². The number of sulfonamides is 1. The fourth-order valence-corrected chi connectivity index (χ4v) is 4.62. The van der Waals surface area contributed by atoms with Gasteiger partial charge in [0.25, 0.3) is 0 Å². The van der Waals surface area contributed by atoms with Crippen molar-refractivity contribution in [2.45, 2.75) is 6.42 Å². The van der Waals surface area contributed by atoms with Crippen molar-refractivity contribution in [2.24, 2.45) is 0 Å². The fourth-order valence-electron chi connectivity index (χ4n) is 2.99. The van der Waals surface area contributed by atoms with Crippen molar-refractivity contribution >= 4 is 37.9 Å². The zero-order valence-corrected chi connectivity index (χ0v) is 15.8. The topological polar surface area (TPSA) is 74.3 Å². The predicted octanol–water partition coefficient (Wildman–Crippen LogP) is 3.57. The molecule has 2 aromatic carbocycles. The molecule has 3 aromatic rings. The van der Waals surface area contributed by atoms with Gasteiger partial charge in [0.2, 0.25) is 15.2 Å². The van der Waals surface area contributed by atoms with E-state index in [1.807, 2.05) is 53.9 Å². The molecule has 4 rings (SSSR count). The summed E-state index contributed by atoms with van der Waals surface area (Å²) in [7, 11) is -3.22. The first-order valence-corrected chi connectivity index (χ1v) is 10.9. The van der Waals surface area contributed by atoms with E-state index in [-0.39, 0.29) is 0 Å². The molecule has 134 valence electrons. The monoisotopic (exact) mass is 386 g/mol. The van der Waals surface area contributed by atoms with Crippen LogP contribution in [-0.4, -0.2) is 26.2 Å². The first kappa shape index (κ1) is 16.9. The molecule has 1 aromatic heterocycles. The number of nitrogens with one attached hydrogen (secondary N) is 2. The Balaban J connectivity index is 1.52. The standard InChI is InChI=1S/C18H18N4O2S2/c1-26(23,24)22-10-9-14-11-13(7-8-17(14)22)16-12-25-18(19-16)21-20-15-5-3-2-4-6-15/h2-8,11-12,20H,9-10H2,1H3,(H,19,21). The van der Waals surface area contributed by atoms with E-state index >= 15 is 0 Å². The second-order valence-electron chi connectivity index (χ2n) is 6.08. The van der Waals surface area contributed by atoms with Gasteiger partial charge in [-0.25, -0.2) is 13.4 Å². The van der Waals surface area contributed by atoms with Crippen LogP contribution in [0.4, 0.5) is 16.5 Å². The first-order valence-electron chi connectivity index (χ1n) is 8.14. The van der Waals surface area contributed by atoms with E-state index < -0.39 is 10.0 Å². The van der Waals surface area contributed by atoms with E-state index in [0.717, 1.165) is 39.7 Å². The van der Waals surface area contributed by atoms with Gasteiger partial charge in [0, 0.05) is 17.5 Å². The Morgan fingerprint density at radius 1 is 1.12 bits per heavy atom. The van der Waals surface area contributed by atoms with Crippen LogP contribution in [0.5, 0.6) is 0 Å². The van der Waals surface area contributed by atoms with Gasteiger partial charge >= 0.3 is 0 Å². The zero-order valence-electron chi connectivity index (χ0n) is 14.1. The lowest BCUT2D eigenvalue weighted by Crippen LogP contribution is -2.27. The lowest BCUT2D eigenvalue weighted by Gasteiger charge is -2.16. The molecular weight excluding hydrogens is 368 g/mol. The average Bonchev–Trinajstić information content (AvgIpc) is 3.27. The van der Waals surface area contributed by atoms with Crippen molar-refractivity contribution in [1.29, 1.82) is 0 Å². The number of rotatable bonds is 5. The summed E-state index contributed by atoms with van der Waals surface area (Å²) in [5.41, 5.74) is 10.8. The molecule has 0 amide bonds. The van der Waals surface area contributed by atoms with Crippen LogP contribution in [0.15, 0.2) is 53.9 Å². The van der Waals surface area contributed by atoms with Gasteiger partial charge in [-0.2, -0.15) is 0 Å². The van der Waals surface area contributed by atoms with Crippen molar-refractivity contribution in [2.75, 3.05) is 28.0 Å². The molecular formula is C18H18N4O2S2. The molecule has 6 nitrogen and oxygen atoms in total. The number of nitrogens with zero attached hydrogens (tertiary/aromatic N) is 2. The number of hydrogen-bond acceptors (Lipinski definition) is 6. The first-order chi connectivity index (χ1) is 12.5. The van der Waals surface area contributed by atoms with E-state index in [4.69, 9.17) is 0 Å². The highest BCUT2D eigenvalue weighted by Crippen LogP contribution is 2.34. The summed E-state index contributed by atoms with van der Waals surface area (Å²) >= 11 is 1.51. The number of hydrazine groups is 1. The number of hydrogen-bond donors (Lipinski definition) is 2. The smallest absolute Gasteiger partial charge is 0.232 e. The SMILES string of the molecule is CS(=O)(=O)N1CCc2cc(-c3csc(NNc4ccccc4)n3)ccc21. The van der Waals surface area contributed by atoms with Gasteiger partial charge in [0.1, 0.15) is 0 Å². The minimum atomic E-state index is -3.22. The van der Waals surface area contributed by atoms with Crippen LogP contribution in [0.1, 0.15) is 5.56 Å². The molecule has 0 aliphatic carbocycles. The molecule has 0 saturated heterocycles. The highest BCUT2D eigenvalue weighted by atomic mass is 32.2. The van der Waals surface area contributed by atoms with Crippen LogP contribution in [-0.2, 0) is 16.4 Å². The Kier molecular flexibility index (Phi) is 4.29. The van der Waals surface area contributed by atoms with Crippen LogP contribution < -0.4 is 15.2 Å². The Morgan fingerprint density at radius 3 is 2.69 bits per heavy atom. The molecule has 8 heteroatoms. The average molecular weight is 387 g/mol. The van der Waals surface area contributed by atoms with Gasteiger partial charge in [0.05, 0.1) is 23.3 Å². The molecule has 1 aliphatic rings. The maximum absolute atomic E-state index is 11.8. The quantitative estimate of drug-likeness (QED) is 0.656. The summed E-state index contributed by atoms with van der Waals surface area (Å²) < 4.78 is 25.1. The van der Waals surface area contributed by atoms with E-state index in [0.29, 0.717) is 6.54 Å². The number of para-hydroxylation sites is 1. The molecule has 0 radical (unpaired) electrons. The van der Waals surface area contributed by atoms with Gasteiger partial charge in [0.15, 0.2) is 0 Å². The predicted molar refractivity (Wildman–Crippen MR) is 107 cm³/mol. The molecule has 2 N–H and O–H groups in total. The van der Waals surface area contributed by atoms with E-state index in [9.17, 15) is 8.42 Å². The van der Waals surface area contributed by atoms with Crippen LogP contribution in [0.2, 0.25) is 0 Å². The highest BCUT2D eigenvalue weighted by molar-refractivity contribution is 7.92. The molecule has 26 heavy (non-hydrogen) atoms. The maximum Gasteiger partial charge on any atom is 0.232 e. The van der Waals surface area contributed by atoms with E-state index in [1.54, 1.807) is 0 Å². The molecule has 0 spiro atoms. The number of thiazole rings is 1. The summed E-state index contributed by atoms with van der Waals surface area (Å²) in [5.74, 6) is 0. The van der Waals surface area contributed by atoms with Crippen molar-refractivity contribution in [3.8, 4) is 11.3 Å². The van der Waals surface area contributed by atoms with Crippen LogP contribution >= 0.6 is 11.3 Å². The van der Waals surface area contributed by atoms with Crippen molar-refractivity contribution < 1.29 is 8.42 Å². The molecule has 2 heterocycles. The molecule has 0 atom stereocenters. The maximum atomic E-state index is 11.8. The normalized spacial score (nSPS) is 13.5. The van der Waals surface area contributed by atoms with Crippen LogP contribution in [0, 0.1) is 0 Å². The highest BCUT2D eigenvalue weighted by Gasteiger charge is 2.26. The number of anilines is 3. The fraction of sp³-hybridized carbons (Fsp3) is 0.167. The molecule has 1 aliphatic heterocycles. The lowest BCUT2D eigenvalue weighted by molar-refractivity contribution is 0.598. The Hall–Kier alpha value is -2.58. The van der Waals surface area contributed by atoms with Gasteiger partial charge < -0.3 is 0 Å². The summed E-state index contributed by atoms with van der Waals surface area (Å²) in [5, 5.41) is 2.75. The zero-order chi connectivity index (χ0) is 18.1. The van der Waals surface area contributed by atoms with Gasteiger partial charge in [-0.3, -0.25) is 15.2 Å². The van der Waals surface area contributed by atoms with Crippen molar-refractivity contribution in [3.05, 3.63) is 59.5 Å². The van der Waals surface area contributed by atoms with E-state index in [1.165, 1.54) is 21.9 Å². The minimum absolute atomic E-state index is 0.502. The number of aromatic nitrogens is 1. The summed E-state index contributed by atoms with van der Waals surface area (Å²) in [6.07, 6.45) is 1.97. The third-order valence-electron chi connectivity index (χ3n) is 4.22. The largest absolute Gasteiger partial charge is 0.299 e. The molecule has 0 fully saturated rings. The Morgan fingerprint density at radius 2 is 1.92 bits per heavy atom.